The van der Waals surface area contributed by atoms with E-state index in [0.717, 1.165) is 11.8 Å². The van der Waals surface area contributed by atoms with Crippen LogP contribution in [-0.4, -0.2) is 30.1 Å². The fourth-order valence-corrected chi connectivity index (χ4v) is 3.90. The molecule has 16 heavy (non-hydrogen) atoms. The summed E-state index contributed by atoms with van der Waals surface area (Å²) in [6.45, 7) is 7.21. The highest BCUT2D eigenvalue weighted by Crippen LogP contribution is 2.39. The molecule has 0 aromatic heterocycles. The standard InChI is InChI=1S/C14H28N2/c1-3-6-13(15)14(4-2)16-9-11-7-5-8-12(11)10-16/h11-14H,3-10,15H2,1-2H3. The van der Waals surface area contributed by atoms with Gasteiger partial charge in [-0.3, -0.25) is 4.90 Å². The summed E-state index contributed by atoms with van der Waals surface area (Å²) < 4.78 is 0. The monoisotopic (exact) mass is 224 g/mol. The van der Waals surface area contributed by atoms with Crippen molar-refractivity contribution in [3.63, 3.8) is 0 Å². The van der Waals surface area contributed by atoms with Crippen molar-refractivity contribution in [1.82, 2.24) is 4.90 Å². The van der Waals surface area contributed by atoms with Gasteiger partial charge in [-0.25, -0.2) is 0 Å². The van der Waals surface area contributed by atoms with Crippen LogP contribution in [0.15, 0.2) is 0 Å². The minimum atomic E-state index is 0.397. The van der Waals surface area contributed by atoms with Gasteiger partial charge in [-0.1, -0.05) is 26.7 Å². The number of hydrogen-bond donors (Lipinski definition) is 1. The molecule has 2 nitrogen and oxygen atoms in total. The van der Waals surface area contributed by atoms with Gasteiger partial charge in [0.15, 0.2) is 0 Å². The molecule has 0 bridgehead atoms. The van der Waals surface area contributed by atoms with E-state index < -0.39 is 0 Å². The lowest BCUT2D eigenvalue weighted by Crippen LogP contribution is -2.46. The van der Waals surface area contributed by atoms with E-state index in [1.807, 2.05) is 0 Å². The first-order valence-corrected chi connectivity index (χ1v) is 7.25. The summed E-state index contributed by atoms with van der Waals surface area (Å²) in [5.41, 5.74) is 6.33. The second-order valence-electron chi connectivity index (χ2n) is 5.83. The van der Waals surface area contributed by atoms with Crippen LogP contribution in [0.4, 0.5) is 0 Å². The lowest BCUT2D eigenvalue weighted by atomic mass is 10.0. The van der Waals surface area contributed by atoms with E-state index in [4.69, 9.17) is 5.73 Å². The summed E-state index contributed by atoms with van der Waals surface area (Å²) in [5, 5.41) is 0. The van der Waals surface area contributed by atoms with Gasteiger partial charge in [0.05, 0.1) is 0 Å². The Bertz CT molecular complexity index is 205. The van der Waals surface area contributed by atoms with E-state index >= 15 is 0 Å². The van der Waals surface area contributed by atoms with Crippen LogP contribution in [0, 0.1) is 11.8 Å². The van der Waals surface area contributed by atoms with Gasteiger partial charge in [0, 0.05) is 25.2 Å². The minimum Gasteiger partial charge on any atom is -0.326 e. The lowest BCUT2D eigenvalue weighted by Gasteiger charge is -2.32. The Labute approximate surface area is 101 Å². The molecule has 1 aliphatic heterocycles. The Hall–Kier alpha value is -0.0800. The fourth-order valence-electron chi connectivity index (χ4n) is 3.90. The first-order chi connectivity index (χ1) is 7.76. The van der Waals surface area contributed by atoms with Crippen molar-refractivity contribution in [3.8, 4) is 0 Å². The molecule has 0 spiro atoms. The predicted molar refractivity (Wildman–Crippen MR) is 69.4 cm³/mol. The van der Waals surface area contributed by atoms with Crippen molar-refractivity contribution in [3.05, 3.63) is 0 Å². The van der Waals surface area contributed by atoms with Gasteiger partial charge in [0.1, 0.15) is 0 Å². The highest BCUT2D eigenvalue weighted by atomic mass is 15.2. The molecule has 2 aliphatic rings. The molecule has 0 aromatic carbocycles. The van der Waals surface area contributed by atoms with Crippen molar-refractivity contribution < 1.29 is 0 Å². The average Bonchev–Trinajstić information content (AvgIpc) is 2.79. The van der Waals surface area contributed by atoms with Crippen LogP contribution in [0.5, 0.6) is 0 Å². The zero-order valence-corrected chi connectivity index (χ0v) is 11.0. The first kappa shape index (κ1) is 12.4. The van der Waals surface area contributed by atoms with Gasteiger partial charge in [-0.2, -0.15) is 0 Å². The van der Waals surface area contributed by atoms with E-state index in [1.165, 1.54) is 51.6 Å². The largest absolute Gasteiger partial charge is 0.326 e. The minimum absolute atomic E-state index is 0.397. The molecule has 0 amide bonds. The maximum absolute atomic E-state index is 6.33. The Balaban J connectivity index is 1.90. The van der Waals surface area contributed by atoms with Crippen LogP contribution in [-0.2, 0) is 0 Å². The fraction of sp³-hybridized carbons (Fsp3) is 1.00. The van der Waals surface area contributed by atoms with Gasteiger partial charge in [-0.15, -0.1) is 0 Å². The molecule has 0 aromatic rings. The van der Waals surface area contributed by atoms with Crippen LogP contribution < -0.4 is 5.73 Å². The van der Waals surface area contributed by atoms with E-state index in [9.17, 15) is 0 Å². The van der Waals surface area contributed by atoms with E-state index in [1.54, 1.807) is 0 Å². The molecular weight excluding hydrogens is 196 g/mol. The number of rotatable bonds is 5. The Morgan fingerprint density at radius 3 is 2.31 bits per heavy atom. The lowest BCUT2D eigenvalue weighted by molar-refractivity contribution is 0.185. The first-order valence-electron chi connectivity index (χ1n) is 7.25. The van der Waals surface area contributed by atoms with Gasteiger partial charge >= 0.3 is 0 Å². The topological polar surface area (TPSA) is 29.3 Å². The molecule has 0 radical (unpaired) electrons. The van der Waals surface area contributed by atoms with Crippen molar-refractivity contribution in [2.45, 2.75) is 64.5 Å². The molecule has 2 heteroatoms. The van der Waals surface area contributed by atoms with Crippen molar-refractivity contribution >= 4 is 0 Å². The van der Waals surface area contributed by atoms with E-state index in [2.05, 4.69) is 18.7 Å². The smallest absolute Gasteiger partial charge is 0.0244 e. The van der Waals surface area contributed by atoms with Crippen LogP contribution in [0.25, 0.3) is 0 Å². The quantitative estimate of drug-likeness (QED) is 0.778. The zero-order valence-electron chi connectivity index (χ0n) is 11.0. The molecule has 1 heterocycles. The van der Waals surface area contributed by atoms with E-state index in [0.29, 0.717) is 12.1 Å². The number of hydrogen-bond acceptors (Lipinski definition) is 2. The third kappa shape index (κ3) is 2.43. The second kappa shape index (κ2) is 5.50. The molecule has 4 atom stereocenters. The highest BCUT2D eigenvalue weighted by molar-refractivity contribution is 4.93. The molecule has 2 fully saturated rings. The van der Waals surface area contributed by atoms with Crippen LogP contribution in [0.2, 0.25) is 0 Å². The molecule has 1 saturated heterocycles. The predicted octanol–water partition coefficient (Wildman–Crippen LogP) is 2.62. The third-order valence-corrected chi connectivity index (χ3v) is 4.76. The molecule has 2 rings (SSSR count). The normalized spacial score (nSPS) is 33.9. The number of nitrogens with zero attached hydrogens (tertiary/aromatic N) is 1. The Morgan fingerprint density at radius 1 is 1.19 bits per heavy atom. The van der Waals surface area contributed by atoms with Crippen molar-refractivity contribution in [2.24, 2.45) is 17.6 Å². The van der Waals surface area contributed by atoms with E-state index in [-0.39, 0.29) is 0 Å². The summed E-state index contributed by atoms with van der Waals surface area (Å²) in [7, 11) is 0. The average molecular weight is 224 g/mol. The van der Waals surface area contributed by atoms with Crippen LogP contribution in [0.1, 0.15) is 52.4 Å². The van der Waals surface area contributed by atoms with Gasteiger partial charge in [0.2, 0.25) is 0 Å². The van der Waals surface area contributed by atoms with Crippen LogP contribution in [0.3, 0.4) is 0 Å². The Kier molecular flexibility index (Phi) is 4.26. The van der Waals surface area contributed by atoms with Crippen molar-refractivity contribution in [1.29, 1.82) is 0 Å². The second-order valence-corrected chi connectivity index (χ2v) is 5.83. The molecule has 4 unspecified atom stereocenters. The van der Waals surface area contributed by atoms with Gasteiger partial charge in [0.25, 0.3) is 0 Å². The molecular formula is C14H28N2. The summed E-state index contributed by atoms with van der Waals surface area (Å²) in [4.78, 5) is 2.70. The number of nitrogens with two attached hydrogens (primary N) is 1. The van der Waals surface area contributed by atoms with Crippen molar-refractivity contribution in [2.75, 3.05) is 13.1 Å². The third-order valence-electron chi connectivity index (χ3n) is 4.76. The molecule has 94 valence electrons. The van der Waals surface area contributed by atoms with Gasteiger partial charge < -0.3 is 5.73 Å². The maximum atomic E-state index is 6.33. The SMILES string of the molecule is CCCC(N)C(CC)N1CC2CCCC2C1. The summed E-state index contributed by atoms with van der Waals surface area (Å²) >= 11 is 0. The summed E-state index contributed by atoms with van der Waals surface area (Å²) in [5.74, 6) is 2.01. The summed E-state index contributed by atoms with van der Waals surface area (Å²) in [6.07, 6.45) is 8.05. The number of likely N-dealkylation sites (tertiary alicyclic amines) is 1. The van der Waals surface area contributed by atoms with Crippen LogP contribution >= 0.6 is 0 Å². The van der Waals surface area contributed by atoms with Gasteiger partial charge in [-0.05, 0) is 37.5 Å². The molecule has 1 aliphatic carbocycles. The zero-order chi connectivity index (χ0) is 11.5. The maximum Gasteiger partial charge on any atom is 0.0244 e. The molecule has 1 saturated carbocycles. The number of fused-ring (bicyclic) bond motifs is 1. The molecule has 2 N–H and O–H groups in total. The summed E-state index contributed by atoms with van der Waals surface area (Å²) in [6, 6.07) is 1.04. The Morgan fingerprint density at radius 2 is 1.81 bits per heavy atom. The highest BCUT2D eigenvalue weighted by Gasteiger charge is 2.39.